The average Bonchev–Trinajstić information content (AvgIpc) is 2.35. The van der Waals surface area contributed by atoms with Gasteiger partial charge in [-0.1, -0.05) is 27.7 Å². The SMILES string of the molecule is CCC(C)C(=O)OC(C)C(C)OC(=O)C(C)CC. The van der Waals surface area contributed by atoms with E-state index in [0.717, 1.165) is 12.8 Å². The minimum Gasteiger partial charge on any atom is -0.459 e. The summed E-state index contributed by atoms with van der Waals surface area (Å²) in [6, 6.07) is 0. The van der Waals surface area contributed by atoms with E-state index in [-0.39, 0.29) is 23.8 Å². The van der Waals surface area contributed by atoms with Crippen LogP contribution in [0.1, 0.15) is 54.4 Å². The second-order valence-corrected chi connectivity index (χ2v) is 4.90. The normalized spacial score (nSPS) is 17.4. The van der Waals surface area contributed by atoms with E-state index < -0.39 is 12.2 Å². The molecule has 0 aliphatic rings. The highest BCUT2D eigenvalue weighted by Gasteiger charge is 2.24. The Bertz CT molecular complexity index is 247. The Morgan fingerprint density at radius 2 is 1.06 bits per heavy atom. The van der Waals surface area contributed by atoms with Gasteiger partial charge in [0.2, 0.25) is 0 Å². The first-order chi connectivity index (χ1) is 8.33. The summed E-state index contributed by atoms with van der Waals surface area (Å²) in [5.41, 5.74) is 0. The zero-order valence-electron chi connectivity index (χ0n) is 12.4. The molecular formula is C14H26O4. The van der Waals surface area contributed by atoms with E-state index in [1.165, 1.54) is 0 Å². The lowest BCUT2D eigenvalue weighted by Gasteiger charge is -2.23. The van der Waals surface area contributed by atoms with Gasteiger partial charge >= 0.3 is 11.9 Å². The van der Waals surface area contributed by atoms with E-state index in [4.69, 9.17) is 9.47 Å². The van der Waals surface area contributed by atoms with E-state index in [1.54, 1.807) is 13.8 Å². The molecule has 0 N–H and O–H groups in total. The van der Waals surface area contributed by atoms with E-state index in [0.29, 0.717) is 0 Å². The van der Waals surface area contributed by atoms with Crippen LogP contribution < -0.4 is 0 Å². The van der Waals surface area contributed by atoms with Crippen LogP contribution >= 0.6 is 0 Å². The molecule has 0 aromatic heterocycles. The summed E-state index contributed by atoms with van der Waals surface area (Å²) in [6.07, 6.45) is 0.651. The molecule has 0 spiro atoms. The molecule has 4 unspecified atom stereocenters. The lowest BCUT2D eigenvalue weighted by molar-refractivity contribution is -0.170. The summed E-state index contributed by atoms with van der Waals surface area (Å²) in [5.74, 6) is -0.720. The molecule has 0 aromatic rings. The van der Waals surface area contributed by atoms with Crippen LogP contribution in [0.2, 0.25) is 0 Å². The standard InChI is InChI=1S/C14H26O4/c1-7-9(3)13(15)17-11(5)12(6)18-14(16)10(4)8-2/h9-12H,7-8H2,1-6H3. The molecule has 0 saturated carbocycles. The fraction of sp³-hybridized carbons (Fsp3) is 0.857. The van der Waals surface area contributed by atoms with Gasteiger partial charge < -0.3 is 9.47 Å². The van der Waals surface area contributed by atoms with Crippen molar-refractivity contribution in [1.29, 1.82) is 0 Å². The lowest BCUT2D eigenvalue weighted by atomic mass is 10.1. The molecule has 0 saturated heterocycles. The smallest absolute Gasteiger partial charge is 0.309 e. The van der Waals surface area contributed by atoms with Crippen molar-refractivity contribution in [1.82, 2.24) is 0 Å². The van der Waals surface area contributed by atoms with Gasteiger partial charge in [0.25, 0.3) is 0 Å². The van der Waals surface area contributed by atoms with Crippen molar-refractivity contribution >= 4 is 11.9 Å². The Morgan fingerprint density at radius 1 is 0.778 bits per heavy atom. The number of rotatable bonds is 7. The molecule has 4 atom stereocenters. The van der Waals surface area contributed by atoms with Gasteiger partial charge in [-0.25, -0.2) is 0 Å². The number of carbonyl (C=O) groups is 2. The van der Waals surface area contributed by atoms with Crippen LogP contribution in [0, 0.1) is 11.8 Å². The highest BCUT2D eigenvalue weighted by atomic mass is 16.6. The van der Waals surface area contributed by atoms with E-state index in [2.05, 4.69) is 0 Å². The van der Waals surface area contributed by atoms with Crippen molar-refractivity contribution in [3.63, 3.8) is 0 Å². The van der Waals surface area contributed by atoms with Gasteiger partial charge in [-0.3, -0.25) is 9.59 Å². The fourth-order valence-electron chi connectivity index (χ4n) is 1.12. The minimum atomic E-state index is -0.417. The highest BCUT2D eigenvalue weighted by Crippen LogP contribution is 2.12. The topological polar surface area (TPSA) is 52.6 Å². The number of carbonyl (C=O) groups excluding carboxylic acids is 2. The van der Waals surface area contributed by atoms with Crippen molar-refractivity contribution in [2.24, 2.45) is 11.8 Å². The Morgan fingerprint density at radius 3 is 1.28 bits per heavy atom. The van der Waals surface area contributed by atoms with Crippen molar-refractivity contribution in [2.75, 3.05) is 0 Å². The first-order valence-electron chi connectivity index (χ1n) is 6.74. The quantitative estimate of drug-likeness (QED) is 0.659. The number of esters is 2. The maximum Gasteiger partial charge on any atom is 0.309 e. The van der Waals surface area contributed by atoms with Gasteiger partial charge in [0, 0.05) is 0 Å². The van der Waals surface area contributed by atoms with E-state index in [1.807, 2.05) is 27.7 Å². The summed E-state index contributed by atoms with van der Waals surface area (Å²) in [7, 11) is 0. The van der Waals surface area contributed by atoms with Crippen LogP contribution in [0.3, 0.4) is 0 Å². The van der Waals surface area contributed by atoms with Gasteiger partial charge in [-0.2, -0.15) is 0 Å². The van der Waals surface area contributed by atoms with Crippen molar-refractivity contribution in [3.8, 4) is 0 Å². The zero-order chi connectivity index (χ0) is 14.3. The van der Waals surface area contributed by atoms with Gasteiger partial charge in [0.05, 0.1) is 11.8 Å². The fourth-order valence-corrected chi connectivity index (χ4v) is 1.12. The minimum absolute atomic E-state index is 0.120. The molecule has 0 aliphatic carbocycles. The van der Waals surface area contributed by atoms with E-state index >= 15 is 0 Å². The molecule has 0 aliphatic heterocycles. The largest absolute Gasteiger partial charge is 0.459 e. The molecule has 18 heavy (non-hydrogen) atoms. The summed E-state index contributed by atoms with van der Waals surface area (Å²) in [4.78, 5) is 23.2. The molecule has 0 rings (SSSR count). The average molecular weight is 258 g/mol. The molecule has 4 heteroatoms. The second-order valence-electron chi connectivity index (χ2n) is 4.90. The first kappa shape index (κ1) is 16.9. The number of ether oxygens (including phenoxy) is 2. The zero-order valence-corrected chi connectivity index (χ0v) is 12.4. The highest BCUT2D eigenvalue weighted by molar-refractivity contribution is 5.73. The third-order valence-electron chi connectivity index (χ3n) is 3.29. The third-order valence-corrected chi connectivity index (χ3v) is 3.29. The van der Waals surface area contributed by atoms with Crippen molar-refractivity contribution in [2.45, 2.75) is 66.6 Å². The van der Waals surface area contributed by atoms with Gasteiger partial charge in [-0.15, -0.1) is 0 Å². The monoisotopic (exact) mass is 258 g/mol. The molecular weight excluding hydrogens is 232 g/mol. The molecule has 0 bridgehead atoms. The van der Waals surface area contributed by atoms with Gasteiger partial charge in [0.1, 0.15) is 12.2 Å². The summed E-state index contributed by atoms with van der Waals surface area (Å²) in [6.45, 7) is 11.0. The molecule has 0 heterocycles. The summed E-state index contributed by atoms with van der Waals surface area (Å²) in [5, 5.41) is 0. The predicted octanol–water partition coefficient (Wildman–Crippen LogP) is 2.94. The lowest BCUT2D eigenvalue weighted by Crippen LogP contribution is -2.33. The molecule has 0 aromatic carbocycles. The Kier molecular flexibility index (Phi) is 7.64. The van der Waals surface area contributed by atoms with Crippen LogP contribution in [-0.4, -0.2) is 24.1 Å². The number of hydrogen-bond acceptors (Lipinski definition) is 4. The predicted molar refractivity (Wildman–Crippen MR) is 70.0 cm³/mol. The summed E-state index contributed by atoms with van der Waals surface area (Å²) < 4.78 is 10.5. The Balaban J connectivity index is 4.22. The molecule has 4 nitrogen and oxygen atoms in total. The second kappa shape index (κ2) is 8.11. The van der Waals surface area contributed by atoms with Crippen LogP contribution in [0.25, 0.3) is 0 Å². The molecule has 106 valence electrons. The number of hydrogen-bond donors (Lipinski definition) is 0. The maximum atomic E-state index is 11.6. The van der Waals surface area contributed by atoms with Crippen LogP contribution in [0.5, 0.6) is 0 Å². The van der Waals surface area contributed by atoms with Crippen molar-refractivity contribution in [3.05, 3.63) is 0 Å². The van der Waals surface area contributed by atoms with Crippen LogP contribution in [0.4, 0.5) is 0 Å². The van der Waals surface area contributed by atoms with Crippen LogP contribution in [0.15, 0.2) is 0 Å². The Hall–Kier alpha value is -1.06. The first-order valence-corrected chi connectivity index (χ1v) is 6.74. The van der Waals surface area contributed by atoms with Crippen LogP contribution in [-0.2, 0) is 19.1 Å². The van der Waals surface area contributed by atoms with Crippen molar-refractivity contribution < 1.29 is 19.1 Å². The summed E-state index contributed by atoms with van der Waals surface area (Å²) >= 11 is 0. The maximum absolute atomic E-state index is 11.6. The Labute approximate surface area is 110 Å². The van der Waals surface area contributed by atoms with Gasteiger partial charge in [0.15, 0.2) is 0 Å². The molecule has 0 fully saturated rings. The van der Waals surface area contributed by atoms with Gasteiger partial charge in [-0.05, 0) is 26.7 Å². The van der Waals surface area contributed by atoms with E-state index in [9.17, 15) is 9.59 Å². The third kappa shape index (κ3) is 5.52. The molecule has 0 radical (unpaired) electrons. The molecule has 0 amide bonds.